The topological polar surface area (TPSA) is 108 Å². The molecular weight excluding hydrogens is 426 g/mol. The second kappa shape index (κ2) is 10.1. The molecule has 1 amide bonds. The molecule has 4 rings (SSSR count). The van der Waals surface area contributed by atoms with E-state index in [0.29, 0.717) is 42.4 Å². The van der Waals surface area contributed by atoms with Crippen molar-refractivity contribution in [3.05, 3.63) is 34.5 Å². The van der Waals surface area contributed by atoms with Gasteiger partial charge in [-0.05, 0) is 57.1 Å². The van der Waals surface area contributed by atoms with E-state index in [-0.39, 0.29) is 11.9 Å². The first-order valence-electron chi connectivity index (χ1n) is 11.1. The second-order valence-corrected chi connectivity index (χ2v) is 9.36. The maximum Gasteiger partial charge on any atom is 0.309 e. The minimum atomic E-state index is -0.925. The number of rotatable bonds is 5. The Kier molecular flexibility index (Phi) is 7.00. The van der Waals surface area contributed by atoms with E-state index in [0.717, 1.165) is 37.7 Å². The fraction of sp³-hybridized carbons (Fsp3) is 0.522. The third kappa shape index (κ3) is 4.91. The van der Waals surface area contributed by atoms with Gasteiger partial charge in [0.25, 0.3) is 5.91 Å². The van der Waals surface area contributed by atoms with Crippen LogP contribution in [0.3, 0.4) is 0 Å². The summed E-state index contributed by atoms with van der Waals surface area (Å²) in [5, 5.41) is 13.0. The number of carbonyl (C=O) groups is 2. The molecule has 3 heterocycles. The summed E-state index contributed by atoms with van der Waals surface area (Å²) in [6.07, 6.45) is 8.89. The van der Waals surface area contributed by atoms with Gasteiger partial charge in [-0.1, -0.05) is 6.42 Å². The number of hydrogen-bond donors (Lipinski definition) is 1. The summed E-state index contributed by atoms with van der Waals surface area (Å²) in [5.74, 6) is -0.350. The molecule has 0 bridgehead atoms. The number of hydrogen-bond acceptors (Lipinski definition) is 8. The number of ether oxygens (including phenoxy) is 1. The number of esters is 1. The van der Waals surface area contributed by atoms with E-state index in [2.05, 4.69) is 21.4 Å². The molecule has 0 radical (unpaired) electrons. The van der Waals surface area contributed by atoms with Gasteiger partial charge in [0.05, 0.1) is 11.5 Å². The third-order valence-corrected chi connectivity index (χ3v) is 7.30. The number of fused-ring (bicyclic) bond motifs is 1. The molecule has 168 valence electrons. The zero-order valence-corrected chi connectivity index (χ0v) is 19.0. The number of nitriles is 1. The maximum absolute atomic E-state index is 12.7. The minimum absolute atomic E-state index is 0.252. The lowest BCUT2D eigenvalue weighted by molar-refractivity contribution is -0.157. The number of aryl methyl sites for hydroxylation is 1. The number of nitrogens with one attached hydrogen (secondary N) is 1. The average Bonchev–Trinajstić information content (AvgIpc) is 2.98. The first-order valence-corrected chi connectivity index (χ1v) is 12.0. The molecule has 2 aromatic heterocycles. The summed E-state index contributed by atoms with van der Waals surface area (Å²) in [7, 11) is 0. The summed E-state index contributed by atoms with van der Waals surface area (Å²) in [6, 6.07) is 4.03. The smallest absolute Gasteiger partial charge is 0.309 e. The molecule has 1 fully saturated rings. The van der Waals surface area contributed by atoms with E-state index in [4.69, 9.17) is 4.74 Å². The van der Waals surface area contributed by atoms with Crippen molar-refractivity contribution in [2.24, 2.45) is 5.92 Å². The van der Waals surface area contributed by atoms with E-state index >= 15 is 0 Å². The van der Waals surface area contributed by atoms with Gasteiger partial charge in [-0.2, -0.15) is 5.26 Å². The van der Waals surface area contributed by atoms with Gasteiger partial charge in [0.1, 0.15) is 11.1 Å². The van der Waals surface area contributed by atoms with E-state index in [1.807, 2.05) is 4.90 Å². The number of aromatic nitrogens is 2. The highest BCUT2D eigenvalue weighted by Crippen LogP contribution is 2.37. The minimum Gasteiger partial charge on any atom is -0.452 e. The van der Waals surface area contributed by atoms with Crippen molar-refractivity contribution in [2.75, 3.05) is 23.3 Å². The Balaban J connectivity index is 1.31. The molecule has 1 saturated heterocycles. The molecule has 2 aromatic rings. The lowest BCUT2D eigenvalue weighted by atomic mass is 9.97. The SMILES string of the molecule is CC(OC(=O)C1CCN(c2ncccn2)CC1)C(=O)Nc1sc2c(c1C#N)CCCCC2. The molecule has 0 saturated carbocycles. The lowest BCUT2D eigenvalue weighted by Gasteiger charge is -2.31. The highest BCUT2D eigenvalue weighted by molar-refractivity contribution is 7.16. The van der Waals surface area contributed by atoms with Crippen LogP contribution in [0.25, 0.3) is 0 Å². The van der Waals surface area contributed by atoms with Crippen LogP contribution in [-0.2, 0) is 27.2 Å². The van der Waals surface area contributed by atoms with Crippen molar-refractivity contribution in [3.63, 3.8) is 0 Å². The monoisotopic (exact) mass is 453 g/mol. The molecule has 32 heavy (non-hydrogen) atoms. The molecule has 2 aliphatic rings. The highest BCUT2D eigenvalue weighted by Gasteiger charge is 2.30. The molecule has 9 heteroatoms. The maximum atomic E-state index is 12.7. The van der Waals surface area contributed by atoms with Crippen LogP contribution in [-0.4, -0.2) is 41.0 Å². The van der Waals surface area contributed by atoms with Gasteiger partial charge in [-0.25, -0.2) is 9.97 Å². The van der Waals surface area contributed by atoms with Crippen molar-refractivity contribution in [1.29, 1.82) is 5.26 Å². The second-order valence-electron chi connectivity index (χ2n) is 8.26. The zero-order valence-electron chi connectivity index (χ0n) is 18.2. The van der Waals surface area contributed by atoms with Gasteiger partial charge in [0, 0.05) is 30.4 Å². The molecule has 1 aliphatic carbocycles. The van der Waals surface area contributed by atoms with Gasteiger partial charge >= 0.3 is 5.97 Å². The Morgan fingerprint density at radius 1 is 1.22 bits per heavy atom. The fourth-order valence-electron chi connectivity index (χ4n) is 4.26. The number of piperidine rings is 1. The van der Waals surface area contributed by atoms with Crippen LogP contribution in [0.2, 0.25) is 0 Å². The summed E-state index contributed by atoms with van der Waals surface area (Å²) >= 11 is 1.48. The largest absolute Gasteiger partial charge is 0.452 e. The van der Waals surface area contributed by atoms with Crippen molar-refractivity contribution in [1.82, 2.24) is 9.97 Å². The van der Waals surface area contributed by atoms with Gasteiger partial charge in [-0.3, -0.25) is 9.59 Å². The zero-order chi connectivity index (χ0) is 22.5. The Bertz CT molecular complexity index is 1010. The first kappa shape index (κ1) is 22.2. The molecule has 1 atom stereocenters. The normalized spacial score (nSPS) is 17.6. The highest BCUT2D eigenvalue weighted by atomic mass is 32.1. The Labute approximate surface area is 191 Å². The molecule has 1 aliphatic heterocycles. The lowest BCUT2D eigenvalue weighted by Crippen LogP contribution is -2.39. The van der Waals surface area contributed by atoms with Crippen LogP contribution in [0.1, 0.15) is 55.0 Å². The van der Waals surface area contributed by atoms with Crippen LogP contribution in [0.15, 0.2) is 18.5 Å². The van der Waals surface area contributed by atoms with Crippen molar-refractivity contribution in [3.8, 4) is 6.07 Å². The predicted molar refractivity (Wildman–Crippen MR) is 121 cm³/mol. The van der Waals surface area contributed by atoms with Crippen molar-refractivity contribution >= 4 is 34.2 Å². The van der Waals surface area contributed by atoms with Crippen LogP contribution in [0.5, 0.6) is 0 Å². The number of amides is 1. The van der Waals surface area contributed by atoms with Gasteiger partial charge in [0.2, 0.25) is 5.95 Å². The van der Waals surface area contributed by atoms with Crippen LogP contribution < -0.4 is 10.2 Å². The van der Waals surface area contributed by atoms with Crippen molar-refractivity contribution in [2.45, 2.75) is 58.0 Å². The standard InChI is InChI=1S/C23H27N5O3S/c1-15(20(29)27-21-18(14-24)17-6-3-2-4-7-19(17)32-21)31-22(30)16-8-12-28(13-9-16)23-25-10-5-11-26-23/h5,10-11,15-16H,2-4,6-9,12-13H2,1H3,(H,27,29). The number of anilines is 2. The van der Waals surface area contributed by atoms with Crippen LogP contribution >= 0.6 is 11.3 Å². The molecule has 0 spiro atoms. The van der Waals surface area contributed by atoms with Crippen LogP contribution in [0.4, 0.5) is 10.9 Å². The third-order valence-electron chi connectivity index (χ3n) is 6.10. The quantitative estimate of drug-likeness (QED) is 0.545. The summed E-state index contributed by atoms with van der Waals surface area (Å²) in [4.78, 5) is 37.1. The summed E-state index contributed by atoms with van der Waals surface area (Å²) in [6.45, 7) is 2.90. The van der Waals surface area contributed by atoms with Gasteiger partial charge in [0.15, 0.2) is 6.10 Å². The van der Waals surface area contributed by atoms with E-state index in [1.165, 1.54) is 16.2 Å². The summed E-state index contributed by atoms with van der Waals surface area (Å²) < 4.78 is 5.48. The van der Waals surface area contributed by atoms with E-state index < -0.39 is 12.0 Å². The Hall–Kier alpha value is -2.99. The number of thiophene rings is 1. The van der Waals surface area contributed by atoms with Crippen molar-refractivity contribution < 1.29 is 14.3 Å². The van der Waals surface area contributed by atoms with E-state index in [9.17, 15) is 14.9 Å². The Morgan fingerprint density at radius 3 is 2.66 bits per heavy atom. The summed E-state index contributed by atoms with van der Waals surface area (Å²) in [5.41, 5.74) is 1.64. The van der Waals surface area contributed by atoms with Gasteiger partial charge in [-0.15, -0.1) is 11.3 Å². The van der Waals surface area contributed by atoms with Crippen LogP contribution in [0, 0.1) is 17.2 Å². The molecule has 1 unspecified atom stereocenters. The molecule has 1 N–H and O–H groups in total. The van der Waals surface area contributed by atoms with Gasteiger partial charge < -0.3 is 15.0 Å². The molecular formula is C23H27N5O3S. The first-order chi connectivity index (χ1) is 15.6. The molecule has 0 aromatic carbocycles. The molecule has 8 nitrogen and oxygen atoms in total. The Morgan fingerprint density at radius 2 is 1.94 bits per heavy atom. The number of carbonyl (C=O) groups excluding carboxylic acids is 2. The predicted octanol–water partition coefficient (Wildman–Crippen LogP) is 3.47. The average molecular weight is 454 g/mol. The van der Waals surface area contributed by atoms with E-state index in [1.54, 1.807) is 25.4 Å². The number of nitrogens with zero attached hydrogens (tertiary/aromatic N) is 4. The fourth-order valence-corrected chi connectivity index (χ4v) is 5.50.